The number of rotatable bonds is 11. The van der Waals surface area contributed by atoms with E-state index < -0.39 is 5.60 Å². The van der Waals surface area contributed by atoms with E-state index in [1.807, 2.05) is 58.0 Å². The van der Waals surface area contributed by atoms with E-state index in [4.69, 9.17) is 9.72 Å². The van der Waals surface area contributed by atoms with Crippen LogP contribution in [-0.2, 0) is 13.1 Å². The lowest BCUT2D eigenvalue weighted by Crippen LogP contribution is -2.55. The second-order valence-corrected chi connectivity index (χ2v) is 12.7. The third kappa shape index (κ3) is 7.43. The third-order valence-corrected chi connectivity index (χ3v) is 9.38. The molecule has 242 valence electrons. The van der Waals surface area contributed by atoms with Crippen LogP contribution in [0.15, 0.2) is 85.2 Å². The Bertz CT molecular complexity index is 1590. The summed E-state index contributed by atoms with van der Waals surface area (Å²) in [6, 6.07) is 24.9. The molecular weight excluding hydrogens is 581 g/mol. The highest BCUT2D eigenvalue weighted by atomic mass is 19.1. The van der Waals surface area contributed by atoms with Gasteiger partial charge in [0.25, 0.3) is 5.91 Å². The fourth-order valence-corrected chi connectivity index (χ4v) is 6.94. The maximum atomic E-state index is 14.7. The monoisotopic (exact) mass is 625 g/mol. The molecule has 4 aromatic rings. The maximum Gasteiger partial charge on any atom is 0.275 e. The van der Waals surface area contributed by atoms with E-state index in [1.54, 1.807) is 18.5 Å². The van der Waals surface area contributed by atoms with Gasteiger partial charge in [0.05, 0.1) is 37.0 Å². The van der Waals surface area contributed by atoms with Crippen molar-refractivity contribution in [2.75, 3.05) is 38.6 Å². The normalized spacial score (nSPS) is 18.3. The molecule has 6 rings (SSSR count). The largest absolute Gasteiger partial charge is 0.497 e. The Morgan fingerprint density at radius 2 is 1.76 bits per heavy atom. The van der Waals surface area contributed by atoms with Crippen molar-refractivity contribution in [3.05, 3.63) is 102 Å². The Kier molecular flexibility index (Phi) is 10.00. The smallest absolute Gasteiger partial charge is 0.275 e. The topological polar surface area (TPSA) is 82.9 Å². The van der Waals surface area contributed by atoms with Crippen LogP contribution in [0, 0.1) is 5.82 Å². The third-order valence-electron chi connectivity index (χ3n) is 9.38. The van der Waals surface area contributed by atoms with E-state index >= 15 is 0 Å². The first kappa shape index (κ1) is 31.8. The Balaban J connectivity index is 1.25. The average Bonchev–Trinajstić information content (AvgIpc) is 3.49. The minimum absolute atomic E-state index is 0.116. The molecule has 1 aliphatic carbocycles. The number of hydrogen-bond donors (Lipinski definition) is 2. The Hall–Kier alpha value is -4.21. The van der Waals surface area contributed by atoms with Crippen LogP contribution in [0.25, 0.3) is 11.3 Å². The second-order valence-electron chi connectivity index (χ2n) is 12.7. The van der Waals surface area contributed by atoms with Crippen molar-refractivity contribution >= 4 is 11.6 Å². The number of imidazole rings is 1. The van der Waals surface area contributed by atoms with Crippen LogP contribution < -0.4 is 10.1 Å². The summed E-state index contributed by atoms with van der Waals surface area (Å²) in [5.74, 6) is -0.0274. The Morgan fingerprint density at radius 1 is 1.02 bits per heavy atom. The number of benzene rings is 3. The summed E-state index contributed by atoms with van der Waals surface area (Å²) in [4.78, 5) is 23.5. The highest BCUT2D eigenvalue weighted by molar-refractivity contribution is 5.98. The van der Waals surface area contributed by atoms with Gasteiger partial charge in [-0.25, -0.2) is 9.37 Å². The zero-order valence-electron chi connectivity index (χ0n) is 26.6. The van der Waals surface area contributed by atoms with Crippen molar-refractivity contribution in [1.82, 2.24) is 19.4 Å². The number of ether oxygens (including phenoxy) is 1. The van der Waals surface area contributed by atoms with Crippen molar-refractivity contribution in [3.63, 3.8) is 0 Å². The van der Waals surface area contributed by atoms with Gasteiger partial charge in [0.15, 0.2) is 5.69 Å². The van der Waals surface area contributed by atoms with Crippen LogP contribution in [0.1, 0.15) is 54.6 Å². The van der Waals surface area contributed by atoms with E-state index in [-0.39, 0.29) is 17.8 Å². The molecule has 3 aromatic carbocycles. The lowest BCUT2D eigenvalue weighted by Gasteiger charge is -2.41. The molecule has 1 amide bonds. The zero-order valence-corrected chi connectivity index (χ0v) is 26.6. The molecule has 2 heterocycles. The maximum absolute atomic E-state index is 14.7. The molecule has 0 unspecified atom stereocenters. The summed E-state index contributed by atoms with van der Waals surface area (Å²) in [7, 11) is 1.52. The van der Waals surface area contributed by atoms with E-state index in [0.29, 0.717) is 49.7 Å². The Morgan fingerprint density at radius 3 is 2.48 bits per heavy atom. The van der Waals surface area contributed by atoms with E-state index in [1.165, 1.54) is 18.7 Å². The van der Waals surface area contributed by atoms with Gasteiger partial charge in [-0.1, -0.05) is 79.9 Å². The number of carbonyl (C=O) groups excluding carboxylic acids is 1. The molecule has 9 heteroatoms. The lowest BCUT2D eigenvalue weighted by molar-refractivity contribution is -0.0111. The van der Waals surface area contributed by atoms with Crippen LogP contribution in [0.5, 0.6) is 5.75 Å². The van der Waals surface area contributed by atoms with E-state index in [0.717, 1.165) is 56.5 Å². The number of carbonyl (C=O) groups is 1. The number of halogens is 1. The van der Waals surface area contributed by atoms with Crippen LogP contribution in [0.4, 0.5) is 10.1 Å². The number of nitrogens with one attached hydrogen (secondary N) is 1. The van der Waals surface area contributed by atoms with Gasteiger partial charge in [-0.2, -0.15) is 0 Å². The van der Waals surface area contributed by atoms with Gasteiger partial charge < -0.3 is 24.6 Å². The molecular formula is C37H44FN5O3. The van der Waals surface area contributed by atoms with Gasteiger partial charge in [-0.05, 0) is 37.0 Å². The number of hydrogen-bond acceptors (Lipinski definition) is 6. The van der Waals surface area contributed by atoms with Crippen molar-refractivity contribution in [2.24, 2.45) is 0 Å². The molecule has 1 saturated carbocycles. The predicted octanol–water partition coefficient (Wildman–Crippen LogP) is 6.22. The molecule has 1 saturated heterocycles. The molecule has 2 aliphatic rings. The molecule has 8 nitrogen and oxygen atoms in total. The summed E-state index contributed by atoms with van der Waals surface area (Å²) in [6.07, 6.45) is 6.98. The molecule has 1 atom stereocenters. The number of methoxy groups -OCH3 is 1. The Labute approximate surface area is 270 Å². The van der Waals surface area contributed by atoms with Crippen LogP contribution in [0.2, 0.25) is 0 Å². The molecule has 0 bridgehead atoms. The number of aliphatic hydroxyl groups is 1. The number of anilines is 1. The predicted molar refractivity (Wildman–Crippen MR) is 178 cm³/mol. The standard InChI is InChI=1S/C37H44FN5O3/c1-46-31-15-16-33(32(38)23-31)39-20-17-30-25-41(24-28-11-5-2-6-12-28)21-22-43(30)36(44)34-35(29-13-7-3-8-14-29)42(27-40-34)26-37(45)18-9-4-10-19-37/h2-3,5-8,11-16,23,27,30,39,45H,4,9-10,17-22,24-26H2,1H3/t30-/m1/s1. The average molecular weight is 626 g/mol. The van der Waals surface area contributed by atoms with Gasteiger partial charge >= 0.3 is 0 Å². The molecule has 2 fully saturated rings. The minimum atomic E-state index is -0.809. The summed E-state index contributed by atoms with van der Waals surface area (Å²) in [5.41, 5.74) is 2.87. The first-order valence-corrected chi connectivity index (χ1v) is 16.4. The molecule has 0 spiro atoms. The summed E-state index contributed by atoms with van der Waals surface area (Å²) in [6.45, 7) is 3.67. The van der Waals surface area contributed by atoms with Crippen molar-refractivity contribution in [2.45, 2.75) is 63.3 Å². The van der Waals surface area contributed by atoms with Gasteiger partial charge in [0, 0.05) is 50.4 Å². The molecule has 2 N–H and O–H groups in total. The van der Waals surface area contributed by atoms with E-state index in [2.05, 4.69) is 22.3 Å². The quantitative estimate of drug-likeness (QED) is 0.206. The summed E-state index contributed by atoms with van der Waals surface area (Å²) in [5, 5.41) is 14.7. The van der Waals surface area contributed by atoms with Crippen molar-refractivity contribution in [3.8, 4) is 17.0 Å². The van der Waals surface area contributed by atoms with Gasteiger partial charge in [0.2, 0.25) is 0 Å². The molecule has 0 radical (unpaired) electrons. The fourth-order valence-electron chi connectivity index (χ4n) is 6.94. The van der Waals surface area contributed by atoms with Crippen molar-refractivity contribution in [1.29, 1.82) is 0 Å². The first-order chi connectivity index (χ1) is 22.4. The van der Waals surface area contributed by atoms with Crippen molar-refractivity contribution < 1.29 is 19.0 Å². The number of piperazine rings is 1. The number of nitrogens with zero attached hydrogens (tertiary/aromatic N) is 4. The first-order valence-electron chi connectivity index (χ1n) is 16.4. The fraction of sp³-hybridized carbons (Fsp3) is 0.405. The van der Waals surface area contributed by atoms with Gasteiger partial charge in [-0.15, -0.1) is 0 Å². The molecule has 46 heavy (non-hydrogen) atoms. The number of amides is 1. The van der Waals surface area contributed by atoms with Crippen LogP contribution in [0.3, 0.4) is 0 Å². The summed E-state index contributed by atoms with van der Waals surface area (Å²) >= 11 is 0. The highest BCUT2D eigenvalue weighted by Crippen LogP contribution is 2.33. The second kappa shape index (κ2) is 14.5. The van der Waals surface area contributed by atoms with Crippen LogP contribution in [-0.4, -0.2) is 75.3 Å². The van der Waals surface area contributed by atoms with Gasteiger partial charge in [-0.3, -0.25) is 9.69 Å². The molecule has 1 aliphatic heterocycles. The number of aromatic nitrogens is 2. The van der Waals surface area contributed by atoms with E-state index in [9.17, 15) is 14.3 Å². The lowest BCUT2D eigenvalue weighted by atomic mass is 9.84. The highest BCUT2D eigenvalue weighted by Gasteiger charge is 2.35. The minimum Gasteiger partial charge on any atom is -0.497 e. The SMILES string of the molecule is COc1ccc(NCC[C@@H]2CN(Cc3ccccc3)CCN2C(=O)c2ncn(CC3(O)CCCCC3)c2-c2ccccc2)c(F)c1. The molecule has 1 aromatic heterocycles. The summed E-state index contributed by atoms with van der Waals surface area (Å²) < 4.78 is 21.8. The van der Waals surface area contributed by atoms with Gasteiger partial charge in [0.1, 0.15) is 11.6 Å². The van der Waals surface area contributed by atoms with Crippen LogP contribution >= 0.6 is 0 Å². The zero-order chi connectivity index (χ0) is 31.9.